The molecule has 0 unspecified atom stereocenters. The smallest absolute Gasteiger partial charge is 0.348 e. The Balaban J connectivity index is 1.52. The van der Waals surface area contributed by atoms with Crippen molar-refractivity contribution in [3.05, 3.63) is 57.6 Å². The van der Waals surface area contributed by atoms with Crippen LogP contribution in [0.4, 0.5) is 0 Å². The van der Waals surface area contributed by atoms with Gasteiger partial charge in [-0.1, -0.05) is 74.4 Å². The molecule has 0 fully saturated rings. The van der Waals surface area contributed by atoms with Gasteiger partial charge in [0.15, 0.2) is 0 Å². The second-order valence-electron chi connectivity index (χ2n) is 17.4. The number of benzene rings is 2. The van der Waals surface area contributed by atoms with Crippen LogP contribution < -0.4 is 5.32 Å². The summed E-state index contributed by atoms with van der Waals surface area (Å²) in [5.74, 6) is 1.90. The van der Waals surface area contributed by atoms with E-state index in [1.165, 1.54) is 29.9 Å². The summed E-state index contributed by atoms with van der Waals surface area (Å²) in [5, 5.41) is 26.2. The molecule has 0 spiro atoms. The van der Waals surface area contributed by atoms with E-state index in [0.29, 0.717) is 18.0 Å². The highest BCUT2D eigenvalue weighted by atomic mass is 16.3. The number of guanidine groups is 1. The van der Waals surface area contributed by atoms with E-state index in [0.717, 1.165) is 67.8 Å². The van der Waals surface area contributed by atoms with Gasteiger partial charge in [-0.05, 0) is 71.8 Å². The first-order chi connectivity index (χ1) is 21.8. The first kappa shape index (κ1) is 36.5. The Morgan fingerprint density at radius 2 is 1.40 bits per heavy atom. The van der Waals surface area contributed by atoms with E-state index in [2.05, 4.69) is 109 Å². The maximum Gasteiger partial charge on any atom is 0.348 e. The van der Waals surface area contributed by atoms with Gasteiger partial charge in [0.1, 0.15) is 11.5 Å². The lowest BCUT2D eigenvalue weighted by atomic mass is 9.79. The van der Waals surface area contributed by atoms with Crippen LogP contribution in [-0.2, 0) is 22.7 Å². The third-order valence-corrected chi connectivity index (χ3v) is 9.38. The summed E-state index contributed by atoms with van der Waals surface area (Å²) < 4.78 is 2.49. The molecular formula is C40H62N5O2+. The lowest BCUT2D eigenvalue weighted by Crippen LogP contribution is -2.55. The average molecular weight is 645 g/mol. The second kappa shape index (κ2) is 14.0. The van der Waals surface area contributed by atoms with Crippen molar-refractivity contribution in [3.63, 3.8) is 0 Å². The molecule has 2 aliphatic heterocycles. The lowest BCUT2D eigenvalue weighted by Gasteiger charge is -2.30. The van der Waals surface area contributed by atoms with Gasteiger partial charge in [0.05, 0.1) is 44.8 Å². The third kappa shape index (κ3) is 9.39. The monoisotopic (exact) mass is 644 g/mol. The molecule has 0 aromatic heterocycles. The largest absolute Gasteiger partial charge is 0.507 e. The molecule has 0 radical (unpaired) electrons. The Morgan fingerprint density at radius 1 is 0.787 bits per heavy atom. The highest BCUT2D eigenvalue weighted by Crippen LogP contribution is 2.37. The number of rotatable bonds is 9. The molecule has 3 N–H and O–H groups in total. The number of hydrogen-bond acceptors (Lipinski definition) is 6. The van der Waals surface area contributed by atoms with Crippen molar-refractivity contribution >= 4 is 18.4 Å². The summed E-state index contributed by atoms with van der Waals surface area (Å²) in [6.07, 6.45) is 7.78. The second-order valence-corrected chi connectivity index (χ2v) is 17.4. The van der Waals surface area contributed by atoms with Gasteiger partial charge in [0.25, 0.3) is 0 Å². The summed E-state index contributed by atoms with van der Waals surface area (Å²) in [5.41, 5.74) is 4.95. The molecule has 0 atom stereocenters. The topological polar surface area (TPSA) is 83.5 Å². The Bertz CT molecular complexity index is 1510. The van der Waals surface area contributed by atoms with Crippen LogP contribution in [0, 0.1) is 0 Å². The van der Waals surface area contributed by atoms with E-state index in [9.17, 15) is 10.2 Å². The standard InChI is InChI=1S/C40H61N5O2/c1-37(2,3)31-21-28(15-12-17-44-19-14-20-45-18-13-16-42-36(44)45)34(46)30(23-31)26-43-40(10,11)27-41-25-29-22-32(38(4,5)6)24-33(35(29)47)39(7,8)9/h21-26H,12-20,27H2,1-11H3,(H2,41,43,46,47)/p+1. The Kier molecular flexibility index (Phi) is 10.9. The van der Waals surface area contributed by atoms with Crippen molar-refractivity contribution in [1.29, 1.82) is 0 Å². The van der Waals surface area contributed by atoms with E-state index in [1.54, 1.807) is 6.21 Å². The molecule has 7 heteroatoms. The van der Waals surface area contributed by atoms with Gasteiger partial charge in [0, 0.05) is 42.0 Å². The number of hydrogen-bond donors (Lipinski definition) is 3. The molecule has 0 saturated carbocycles. The Labute approximate surface area is 284 Å². The zero-order chi connectivity index (χ0) is 34.8. The van der Waals surface area contributed by atoms with Gasteiger partial charge < -0.3 is 10.2 Å². The number of phenols is 2. The lowest BCUT2D eigenvalue weighted by molar-refractivity contribution is -0.544. The molecule has 47 heavy (non-hydrogen) atoms. The van der Waals surface area contributed by atoms with Crippen molar-refractivity contribution in [3.8, 4) is 11.5 Å². The molecule has 258 valence electrons. The van der Waals surface area contributed by atoms with E-state index in [-0.39, 0.29) is 16.2 Å². The molecule has 0 saturated heterocycles. The molecule has 0 bridgehead atoms. The quantitative estimate of drug-likeness (QED) is 0.198. The van der Waals surface area contributed by atoms with Crippen LogP contribution in [0.5, 0.6) is 11.5 Å². The Hall–Kier alpha value is -3.35. The maximum atomic E-state index is 11.5. The van der Waals surface area contributed by atoms with Crippen LogP contribution in [0.1, 0.15) is 129 Å². The number of aromatic hydroxyl groups is 2. The van der Waals surface area contributed by atoms with Crippen molar-refractivity contribution in [1.82, 2.24) is 10.2 Å². The molecule has 2 aromatic carbocycles. The summed E-state index contributed by atoms with van der Waals surface area (Å²) in [7, 11) is 0. The van der Waals surface area contributed by atoms with Crippen LogP contribution in [0.3, 0.4) is 0 Å². The van der Waals surface area contributed by atoms with Crippen molar-refractivity contribution in [2.24, 2.45) is 9.98 Å². The van der Waals surface area contributed by atoms with Gasteiger partial charge in [-0.15, -0.1) is 0 Å². The van der Waals surface area contributed by atoms with Crippen molar-refractivity contribution in [2.75, 3.05) is 39.3 Å². The van der Waals surface area contributed by atoms with Gasteiger partial charge in [-0.3, -0.25) is 24.8 Å². The minimum absolute atomic E-state index is 0.0530. The predicted octanol–water partition coefficient (Wildman–Crippen LogP) is 7.31. The number of aliphatic imine (C=N–C) groups is 2. The fourth-order valence-electron chi connectivity index (χ4n) is 6.31. The van der Waals surface area contributed by atoms with E-state index in [1.807, 2.05) is 12.3 Å². The predicted molar refractivity (Wildman–Crippen MR) is 199 cm³/mol. The molecule has 7 nitrogen and oxygen atoms in total. The summed E-state index contributed by atoms with van der Waals surface area (Å²) >= 11 is 0. The van der Waals surface area contributed by atoms with Gasteiger partial charge in [-0.2, -0.15) is 0 Å². The van der Waals surface area contributed by atoms with Gasteiger partial charge >= 0.3 is 5.96 Å². The normalized spacial score (nSPS) is 16.7. The summed E-state index contributed by atoms with van der Waals surface area (Å²) in [6.45, 7) is 29.5. The summed E-state index contributed by atoms with van der Waals surface area (Å²) in [6, 6.07) is 8.44. The molecule has 4 rings (SSSR count). The van der Waals surface area contributed by atoms with Gasteiger partial charge in [0.2, 0.25) is 0 Å². The molecule has 2 heterocycles. The minimum Gasteiger partial charge on any atom is -0.507 e. The van der Waals surface area contributed by atoms with Crippen LogP contribution in [0.15, 0.2) is 34.3 Å². The third-order valence-electron chi connectivity index (χ3n) is 9.38. The van der Waals surface area contributed by atoms with E-state index >= 15 is 0 Å². The van der Waals surface area contributed by atoms with Gasteiger partial charge in [-0.25, -0.2) is 0 Å². The number of aryl methyl sites for hydroxylation is 1. The number of nitrogens with zero attached hydrogens (tertiary/aromatic N) is 4. The fourth-order valence-corrected chi connectivity index (χ4v) is 6.31. The molecule has 0 aliphatic carbocycles. The zero-order valence-electron chi connectivity index (χ0n) is 31.2. The molecule has 2 aromatic rings. The first-order valence-electron chi connectivity index (χ1n) is 17.7. The van der Waals surface area contributed by atoms with Crippen molar-refractivity contribution in [2.45, 2.75) is 124 Å². The van der Waals surface area contributed by atoms with Crippen LogP contribution in [0.25, 0.3) is 0 Å². The zero-order valence-corrected chi connectivity index (χ0v) is 31.2. The highest BCUT2D eigenvalue weighted by Gasteiger charge is 2.29. The highest BCUT2D eigenvalue weighted by molar-refractivity contribution is 5.86. The average Bonchev–Trinajstić information content (AvgIpc) is 2.96. The summed E-state index contributed by atoms with van der Waals surface area (Å²) in [4.78, 5) is 12.2. The molecule has 2 aliphatic rings. The van der Waals surface area contributed by atoms with Crippen LogP contribution in [0.2, 0.25) is 0 Å². The SMILES string of the molecule is CC(C)(CN=Cc1cc(C(C)(C)C)cc(C(C)(C)C)c1O)N=Cc1cc(C(C)(C)C)cc(CCCN2CCC[N+]3=C2NCCC3)c1O. The molecular weight excluding hydrogens is 582 g/mol. The maximum absolute atomic E-state index is 11.5. The fraction of sp³-hybridized carbons (Fsp3) is 0.625. The van der Waals surface area contributed by atoms with E-state index in [4.69, 9.17) is 9.98 Å². The van der Waals surface area contributed by atoms with Crippen LogP contribution >= 0.6 is 0 Å². The number of phenolic OH excluding ortho intramolecular Hbond substituents is 2. The Morgan fingerprint density at radius 3 is 2.04 bits per heavy atom. The first-order valence-corrected chi connectivity index (χ1v) is 17.7. The number of nitrogens with one attached hydrogen (secondary N) is 1. The van der Waals surface area contributed by atoms with Crippen molar-refractivity contribution < 1.29 is 14.8 Å². The molecule has 0 amide bonds. The van der Waals surface area contributed by atoms with Crippen LogP contribution in [-0.4, -0.2) is 82.9 Å². The minimum atomic E-state index is -0.505. The van der Waals surface area contributed by atoms with E-state index < -0.39 is 5.54 Å².